The summed E-state index contributed by atoms with van der Waals surface area (Å²) in [6.07, 6.45) is 2.76. The molecule has 0 saturated heterocycles. The average Bonchev–Trinajstić information content (AvgIpc) is 3.59. The number of methoxy groups -OCH3 is 1. The maximum atomic E-state index is 13.5. The second-order valence-corrected chi connectivity index (χ2v) is 9.66. The molecule has 2 atom stereocenters. The second kappa shape index (κ2) is 9.03. The van der Waals surface area contributed by atoms with Crippen LogP contribution in [0, 0.1) is 0 Å². The minimum absolute atomic E-state index is 0.131. The van der Waals surface area contributed by atoms with Gasteiger partial charge in [-0.1, -0.05) is 42.5 Å². The SMILES string of the molecule is COc1cc([C@@H]2C3=C(C[C@@H](c4cccs4)CC3=O)Nc3ncnn32)ccc1OCc1ccccc1. The minimum Gasteiger partial charge on any atom is -0.493 e. The highest BCUT2D eigenvalue weighted by atomic mass is 32.1. The smallest absolute Gasteiger partial charge is 0.226 e. The van der Waals surface area contributed by atoms with E-state index in [1.165, 1.54) is 11.2 Å². The molecule has 1 aliphatic carbocycles. The number of ketones is 1. The largest absolute Gasteiger partial charge is 0.493 e. The lowest BCUT2D eigenvalue weighted by Gasteiger charge is -2.35. The molecule has 2 aromatic carbocycles. The van der Waals surface area contributed by atoms with Crippen molar-refractivity contribution in [3.63, 3.8) is 0 Å². The molecule has 0 saturated carbocycles. The first-order valence-corrected chi connectivity index (χ1v) is 12.4. The monoisotopic (exact) mass is 484 g/mol. The van der Waals surface area contributed by atoms with E-state index in [0.29, 0.717) is 30.5 Å². The van der Waals surface area contributed by atoms with Crippen LogP contribution in [0.2, 0.25) is 0 Å². The molecule has 176 valence electrons. The van der Waals surface area contributed by atoms with Gasteiger partial charge in [-0.2, -0.15) is 10.1 Å². The molecule has 4 aromatic rings. The van der Waals surface area contributed by atoms with Gasteiger partial charge in [0.25, 0.3) is 0 Å². The lowest BCUT2D eigenvalue weighted by molar-refractivity contribution is -0.116. The summed E-state index contributed by atoms with van der Waals surface area (Å²) >= 11 is 1.70. The molecule has 3 heterocycles. The summed E-state index contributed by atoms with van der Waals surface area (Å²) in [5.41, 5.74) is 3.65. The fraction of sp³-hybridized carbons (Fsp3) is 0.222. The van der Waals surface area contributed by atoms with Crippen LogP contribution in [0.4, 0.5) is 5.95 Å². The number of nitrogens with one attached hydrogen (secondary N) is 1. The van der Waals surface area contributed by atoms with Crippen LogP contribution in [0.3, 0.4) is 0 Å². The summed E-state index contributed by atoms with van der Waals surface area (Å²) in [6.45, 7) is 0.439. The van der Waals surface area contributed by atoms with E-state index < -0.39 is 0 Å². The normalized spacial score (nSPS) is 19.1. The van der Waals surface area contributed by atoms with E-state index >= 15 is 0 Å². The van der Waals surface area contributed by atoms with E-state index in [-0.39, 0.29) is 17.7 Å². The van der Waals surface area contributed by atoms with Crippen molar-refractivity contribution in [2.75, 3.05) is 12.4 Å². The Labute approximate surface area is 207 Å². The van der Waals surface area contributed by atoms with Crippen molar-refractivity contribution in [1.82, 2.24) is 14.8 Å². The predicted octanol–water partition coefficient (Wildman–Crippen LogP) is 5.34. The molecule has 35 heavy (non-hydrogen) atoms. The topological polar surface area (TPSA) is 78.3 Å². The Balaban J connectivity index is 1.35. The Morgan fingerprint density at radius 1 is 1.09 bits per heavy atom. The van der Waals surface area contributed by atoms with Crippen molar-refractivity contribution in [3.05, 3.63) is 99.6 Å². The third kappa shape index (κ3) is 4.00. The van der Waals surface area contributed by atoms with Crippen LogP contribution in [-0.4, -0.2) is 27.7 Å². The molecule has 1 aliphatic heterocycles. The Morgan fingerprint density at radius 2 is 1.97 bits per heavy atom. The molecular formula is C27H24N4O3S. The fourth-order valence-electron chi connectivity index (χ4n) is 4.89. The second-order valence-electron chi connectivity index (χ2n) is 8.68. The van der Waals surface area contributed by atoms with Gasteiger partial charge in [-0.05, 0) is 41.1 Å². The van der Waals surface area contributed by atoms with Gasteiger partial charge in [-0.15, -0.1) is 11.3 Å². The van der Waals surface area contributed by atoms with Crippen LogP contribution in [0.25, 0.3) is 0 Å². The Hall–Kier alpha value is -3.91. The van der Waals surface area contributed by atoms with Gasteiger partial charge >= 0.3 is 0 Å². The molecule has 0 bridgehead atoms. The van der Waals surface area contributed by atoms with Gasteiger partial charge in [0.15, 0.2) is 17.3 Å². The molecule has 0 spiro atoms. The zero-order valence-electron chi connectivity index (χ0n) is 19.2. The Kier molecular flexibility index (Phi) is 5.58. The molecule has 6 rings (SSSR count). The lowest BCUT2D eigenvalue weighted by Crippen LogP contribution is -2.33. The van der Waals surface area contributed by atoms with Gasteiger partial charge < -0.3 is 14.8 Å². The minimum atomic E-state index is -0.377. The number of benzene rings is 2. The highest BCUT2D eigenvalue weighted by Crippen LogP contribution is 2.45. The molecule has 0 amide bonds. The van der Waals surface area contributed by atoms with Crippen molar-refractivity contribution in [2.45, 2.75) is 31.4 Å². The maximum Gasteiger partial charge on any atom is 0.226 e. The number of nitrogens with zero attached hydrogens (tertiary/aromatic N) is 3. The molecule has 8 heteroatoms. The summed E-state index contributed by atoms with van der Waals surface area (Å²) in [4.78, 5) is 19.2. The standard InChI is InChI=1S/C27H24N4O3S/c1-33-23-14-18(9-10-22(23)34-15-17-6-3-2-4-7-17)26-25-20(30-27-28-16-29-31(26)27)12-19(13-21(25)32)24-8-5-11-35-24/h2-11,14,16,19,26H,12-13,15H2,1H3,(H,28,29,30)/t19-,26-/m1/s1. The molecule has 7 nitrogen and oxygen atoms in total. The first kappa shape index (κ1) is 21.6. The van der Waals surface area contributed by atoms with Gasteiger partial charge in [-0.3, -0.25) is 4.79 Å². The Bertz CT molecular complexity index is 1400. The van der Waals surface area contributed by atoms with Crippen molar-refractivity contribution >= 4 is 23.1 Å². The molecule has 2 aliphatic rings. The number of anilines is 1. The highest BCUT2D eigenvalue weighted by molar-refractivity contribution is 7.10. The third-order valence-corrected chi connectivity index (χ3v) is 7.58. The maximum absolute atomic E-state index is 13.5. The molecule has 2 aromatic heterocycles. The first-order valence-electron chi connectivity index (χ1n) is 11.5. The van der Waals surface area contributed by atoms with E-state index in [4.69, 9.17) is 9.47 Å². The summed E-state index contributed by atoms with van der Waals surface area (Å²) in [5.74, 6) is 2.20. The molecule has 1 N–H and O–H groups in total. The number of ether oxygens (including phenoxy) is 2. The van der Waals surface area contributed by atoms with E-state index in [1.807, 2.05) is 54.6 Å². The molecular weight excluding hydrogens is 460 g/mol. The average molecular weight is 485 g/mol. The van der Waals surface area contributed by atoms with Crippen molar-refractivity contribution < 1.29 is 14.3 Å². The number of aromatic nitrogens is 3. The summed E-state index contributed by atoms with van der Waals surface area (Å²) in [5, 5.41) is 9.89. The molecule has 0 radical (unpaired) electrons. The van der Waals surface area contributed by atoms with Crippen LogP contribution in [0.15, 0.2) is 83.6 Å². The first-order chi connectivity index (χ1) is 17.2. The number of Topliss-reactive ketones (excluding diaryl/α,β-unsaturated/α-hetero) is 1. The van der Waals surface area contributed by atoms with Crippen LogP contribution < -0.4 is 14.8 Å². The lowest BCUT2D eigenvalue weighted by atomic mass is 9.80. The number of fused-ring (bicyclic) bond motifs is 1. The van der Waals surface area contributed by atoms with Crippen molar-refractivity contribution in [2.24, 2.45) is 0 Å². The van der Waals surface area contributed by atoms with E-state index in [0.717, 1.165) is 28.8 Å². The van der Waals surface area contributed by atoms with Gasteiger partial charge in [-0.25, -0.2) is 4.68 Å². The molecule has 0 unspecified atom stereocenters. The number of thiophene rings is 1. The number of hydrogen-bond donors (Lipinski definition) is 1. The predicted molar refractivity (Wildman–Crippen MR) is 134 cm³/mol. The fourth-order valence-corrected chi connectivity index (χ4v) is 5.72. The van der Waals surface area contributed by atoms with E-state index in [1.54, 1.807) is 23.1 Å². The number of carbonyl (C=O) groups is 1. The Morgan fingerprint density at radius 3 is 2.77 bits per heavy atom. The number of allylic oxidation sites excluding steroid dienone is 2. The summed E-state index contributed by atoms with van der Waals surface area (Å²) in [7, 11) is 1.62. The van der Waals surface area contributed by atoms with E-state index in [9.17, 15) is 4.79 Å². The third-order valence-electron chi connectivity index (χ3n) is 6.55. The summed E-state index contributed by atoms with van der Waals surface area (Å²) in [6, 6.07) is 19.6. The number of carbonyl (C=O) groups excluding carboxylic acids is 1. The molecule has 0 fully saturated rings. The quantitative estimate of drug-likeness (QED) is 0.398. The van der Waals surface area contributed by atoms with Crippen LogP contribution in [-0.2, 0) is 11.4 Å². The van der Waals surface area contributed by atoms with Crippen LogP contribution in [0.5, 0.6) is 11.5 Å². The van der Waals surface area contributed by atoms with Gasteiger partial charge in [0, 0.05) is 28.5 Å². The van der Waals surface area contributed by atoms with Crippen molar-refractivity contribution in [1.29, 1.82) is 0 Å². The summed E-state index contributed by atoms with van der Waals surface area (Å²) < 4.78 is 13.5. The van der Waals surface area contributed by atoms with Crippen molar-refractivity contribution in [3.8, 4) is 11.5 Å². The van der Waals surface area contributed by atoms with Gasteiger partial charge in [0.1, 0.15) is 19.0 Å². The van der Waals surface area contributed by atoms with E-state index in [2.05, 4.69) is 26.8 Å². The van der Waals surface area contributed by atoms with Gasteiger partial charge in [0.05, 0.1) is 7.11 Å². The van der Waals surface area contributed by atoms with Crippen LogP contribution in [0.1, 0.15) is 40.8 Å². The number of hydrogen-bond acceptors (Lipinski definition) is 7. The zero-order chi connectivity index (χ0) is 23.8. The zero-order valence-corrected chi connectivity index (χ0v) is 20.0. The van der Waals surface area contributed by atoms with Gasteiger partial charge in [0.2, 0.25) is 5.95 Å². The highest BCUT2D eigenvalue weighted by Gasteiger charge is 2.39. The number of rotatable bonds is 6. The van der Waals surface area contributed by atoms with Crippen LogP contribution >= 0.6 is 11.3 Å².